The van der Waals surface area contributed by atoms with E-state index in [9.17, 15) is 4.79 Å². The van der Waals surface area contributed by atoms with Gasteiger partial charge >= 0.3 is 0 Å². The third-order valence-electron chi connectivity index (χ3n) is 3.73. The summed E-state index contributed by atoms with van der Waals surface area (Å²) < 4.78 is 0. The Balaban J connectivity index is 2.16. The number of fused-ring (bicyclic) bond motifs is 1. The molecule has 5 nitrogen and oxygen atoms in total. The van der Waals surface area contributed by atoms with Gasteiger partial charge in [-0.25, -0.2) is 0 Å². The van der Waals surface area contributed by atoms with Crippen molar-refractivity contribution in [2.75, 3.05) is 44.4 Å². The Hall–Kier alpha value is -1.75. The number of nitrogens with zero attached hydrogens (tertiary/aromatic N) is 1. The molecule has 21 heavy (non-hydrogen) atoms. The molecule has 0 radical (unpaired) electrons. The summed E-state index contributed by atoms with van der Waals surface area (Å²) >= 11 is 0. The van der Waals surface area contributed by atoms with Gasteiger partial charge in [-0.3, -0.25) is 4.79 Å². The molecule has 1 aromatic carbocycles. The van der Waals surface area contributed by atoms with E-state index in [2.05, 4.69) is 34.7 Å². The smallest absolute Gasteiger partial charge is 0.253 e. The summed E-state index contributed by atoms with van der Waals surface area (Å²) in [5.74, 6) is 0.380. The molecule has 0 aliphatic carbocycles. The number of nitrogens with one attached hydrogen (secondary N) is 3. The molecule has 0 saturated heterocycles. The topological polar surface area (TPSA) is 56.4 Å². The SMILES string of the molecule is CC(C)C(CN(C)C)NC(=O)c1cccc2c1NCCN2. The molecule has 0 aromatic heterocycles. The maximum absolute atomic E-state index is 12.6. The summed E-state index contributed by atoms with van der Waals surface area (Å²) in [7, 11) is 4.05. The predicted molar refractivity (Wildman–Crippen MR) is 88.1 cm³/mol. The largest absolute Gasteiger partial charge is 0.382 e. The minimum Gasteiger partial charge on any atom is -0.382 e. The molecule has 3 N–H and O–H groups in total. The Morgan fingerprint density at radius 1 is 1.29 bits per heavy atom. The Bertz CT molecular complexity index is 499. The molecule has 0 spiro atoms. The van der Waals surface area contributed by atoms with Gasteiger partial charge in [0.05, 0.1) is 16.9 Å². The lowest BCUT2D eigenvalue weighted by molar-refractivity contribution is 0.0917. The highest BCUT2D eigenvalue weighted by molar-refractivity contribution is 6.03. The first-order valence-electron chi connectivity index (χ1n) is 7.55. The molecule has 0 saturated carbocycles. The van der Waals surface area contributed by atoms with Crippen LogP contribution in [0, 0.1) is 5.92 Å². The van der Waals surface area contributed by atoms with Gasteiger partial charge in [-0.05, 0) is 32.1 Å². The average Bonchev–Trinajstić information content (AvgIpc) is 2.45. The molecule has 0 fully saturated rings. The molecule has 5 heteroatoms. The summed E-state index contributed by atoms with van der Waals surface area (Å²) in [6, 6.07) is 5.93. The summed E-state index contributed by atoms with van der Waals surface area (Å²) in [5, 5.41) is 9.80. The first kappa shape index (κ1) is 15.6. The fraction of sp³-hybridized carbons (Fsp3) is 0.562. The number of carbonyl (C=O) groups excluding carboxylic acids is 1. The average molecular weight is 290 g/mol. The van der Waals surface area contributed by atoms with E-state index >= 15 is 0 Å². The van der Waals surface area contributed by atoms with Crippen molar-refractivity contribution in [3.63, 3.8) is 0 Å². The predicted octanol–water partition coefficient (Wildman–Crippen LogP) is 1.84. The molecule has 2 rings (SSSR count). The maximum atomic E-state index is 12.6. The van der Waals surface area contributed by atoms with Crippen molar-refractivity contribution < 1.29 is 4.79 Å². The molecule has 116 valence electrons. The van der Waals surface area contributed by atoms with E-state index in [1.54, 1.807) is 0 Å². The number of hydrogen-bond acceptors (Lipinski definition) is 4. The van der Waals surface area contributed by atoms with Crippen LogP contribution in [-0.4, -0.2) is 50.6 Å². The summed E-state index contributed by atoms with van der Waals surface area (Å²) in [5.41, 5.74) is 2.63. The normalized spacial score (nSPS) is 15.1. The van der Waals surface area contributed by atoms with Crippen LogP contribution in [0.25, 0.3) is 0 Å². The van der Waals surface area contributed by atoms with E-state index in [-0.39, 0.29) is 11.9 Å². The highest BCUT2D eigenvalue weighted by Crippen LogP contribution is 2.28. The van der Waals surface area contributed by atoms with Crippen molar-refractivity contribution in [3.05, 3.63) is 23.8 Å². The highest BCUT2D eigenvalue weighted by atomic mass is 16.1. The van der Waals surface area contributed by atoms with Crippen molar-refractivity contribution >= 4 is 17.3 Å². The maximum Gasteiger partial charge on any atom is 0.253 e. The minimum absolute atomic E-state index is 0.0106. The molecule has 1 aliphatic heterocycles. The zero-order valence-corrected chi connectivity index (χ0v) is 13.4. The van der Waals surface area contributed by atoms with Crippen molar-refractivity contribution in [2.45, 2.75) is 19.9 Å². The second-order valence-corrected chi connectivity index (χ2v) is 6.17. The molecule has 1 unspecified atom stereocenters. The molecule has 0 bridgehead atoms. The third kappa shape index (κ3) is 3.88. The fourth-order valence-corrected chi connectivity index (χ4v) is 2.53. The van der Waals surface area contributed by atoms with E-state index in [1.165, 1.54) is 0 Å². The molecular formula is C16H26N4O. The van der Waals surface area contributed by atoms with Gasteiger partial charge in [0.1, 0.15) is 0 Å². The van der Waals surface area contributed by atoms with Gasteiger partial charge in [-0.1, -0.05) is 19.9 Å². The van der Waals surface area contributed by atoms with Gasteiger partial charge in [0.2, 0.25) is 0 Å². The number of hydrogen-bond donors (Lipinski definition) is 3. The van der Waals surface area contributed by atoms with Crippen LogP contribution in [0.4, 0.5) is 11.4 Å². The van der Waals surface area contributed by atoms with Crippen LogP contribution < -0.4 is 16.0 Å². The Kier molecular flexibility index (Phi) is 5.07. The first-order chi connectivity index (χ1) is 9.99. The van der Waals surface area contributed by atoms with Gasteiger partial charge in [0.25, 0.3) is 5.91 Å². The number of amides is 1. The number of para-hydroxylation sites is 1. The van der Waals surface area contributed by atoms with E-state index in [1.807, 2.05) is 32.3 Å². The van der Waals surface area contributed by atoms with Crippen LogP contribution in [0.2, 0.25) is 0 Å². The molecular weight excluding hydrogens is 264 g/mol. The fourth-order valence-electron chi connectivity index (χ4n) is 2.53. The highest BCUT2D eigenvalue weighted by Gasteiger charge is 2.21. The molecule has 1 aliphatic rings. The van der Waals surface area contributed by atoms with Gasteiger partial charge in [0.15, 0.2) is 0 Å². The van der Waals surface area contributed by atoms with Gasteiger partial charge in [-0.2, -0.15) is 0 Å². The van der Waals surface area contributed by atoms with Gasteiger partial charge < -0.3 is 20.9 Å². The number of carbonyl (C=O) groups is 1. The van der Waals surface area contributed by atoms with Gasteiger partial charge in [0, 0.05) is 25.7 Å². The lowest BCUT2D eigenvalue weighted by atomic mass is 10.0. The van der Waals surface area contributed by atoms with E-state index in [4.69, 9.17) is 0 Å². The Morgan fingerprint density at radius 2 is 2.00 bits per heavy atom. The van der Waals surface area contributed by atoms with Crippen LogP contribution in [-0.2, 0) is 0 Å². The minimum atomic E-state index is -0.0106. The number of benzene rings is 1. The summed E-state index contributed by atoms with van der Waals surface area (Å²) in [4.78, 5) is 14.7. The molecule has 1 heterocycles. The van der Waals surface area contributed by atoms with Crippen molar-refractivity contribution in [1.29, 1.82) is 0 Å². The van der Waals surface area contributed by atoms with Crippen molar-refractivity contribution in [3.8, 4) is 0 Å². The number of anilines is 2. The zero-order valence-electron chi connectivity index (χ0n) is 13.4. The van der Waals surface area contributed by atoms with Crippen LogP contribution in [0.5, 0.6) is 0 Å². The lowest BCUT2D eigenvalue weighted by Gasteiger charge is -2.27. The van der Waals surface area contributed by atoms with Crippen molar-refractivity contribution in [2.24, 2.45) is 5.92 Å². The lowest BCUT2D eigenvalue weighted by Crippen LogP contribution is -2.45. The van der Waals surface area contributed by atoms with Crippen LogP contribution >= 0.6 is 0 Å². The van der Waals surface area contributed by atoms with Crippen LogP contribution in [0.15, 0.2) is 18.2 Å². The third-order valence-corrected chi connectivity index (χ3v) is 3.73. The quantitative estimate of drug-likeness (QED) is 0.774. The van der Waals surface area contributed by atoms with E-state index in [0.29, 0.717) is 11.5 Å². The number of rotatable bonds is 5. The zero-order chi connectivity index (χ0) is 15.4. The Morgan fingerprint density at radius 3 is 2.67 bits per heavy atom. The molecule has 1 atom stereocenters. The van der Waals surface area contributed by atoms with Gasteiger partial charge in [-0.15, -0.1) is 0 Å². The second-order valence-electron chi connectivity index (χ2n) is 6.17. The van der Waals surface area contributed by atoms with Crippen LogP contribution in [0.3, 0.4) is 0 Å². The standard InChI is InChI=1S/C16H26N4O/c1-11(2)14(10-20(3)4)19-16(21)12-6-5-7-13-15(12)18-9-8-17-13/h5-7,11,14,17-18H,8-10H2,1-4H3,(H,19,21). The molecule has 1 aromatic rings. The Labute approximate surface area is 127 Å². The second kappa shape index (κ2) is 6.80. The van der Waals surface area contributed by atoms with E-state index in [0.717, 1.165) is 31.0 Å². The molecule has 1 amide bonds. The summed E-state index contributed by atoms with van der Waals surface area (Å²) in [6.45, 7) is 6.82. The number of likely N-dealkylation sites (N-methyl/N-ethyl adjacent to an activating group) is 1. The first-order valence-corrected chi connectivity index (χ1v) is 7.55. The monoisotopic (exact) mass is 290 g/mol. The van der Waals surface area contributed by atoms with Crippen molar-refractivity contribution in [1.82, 2.24) is 10.2 Å². The van der Waals surface area contributed by atoms with Crippen LogP contribution in [0.1, 0.15) is 24.2 Å². The van der Waals surface area contributed by atoms with E-state index < -0.39 is 0 Å². The summed E-state index contributed by atoms with van der Waals surface area (Å²) in [6.07, 6.45) is 0.